The van der Waals surface area contributed by atoms with Gasteiger partial charge in [-0.1, -0.05) is 41.9 Å². The third-order valence-corrected chi connectivity index (χ3v) is 6.16. The second kappa shape index (κ2) is 8.43. The van der Waals surface area contributed by atoms with Gasteiger partial charge in [-0.25, -0.2) is 13.1 Å². The van der Waals surface area contributed by atoms with E-state index in [9.17, 15) is 8.42 Å². The smallest absolute Gasteiger partial charge is 0.241 e. The summed E-state index contributed by atoms with van der Waals surface area (Å²) in [7, 11) is -3.77. The summed E-state index contributed by atoms with van der Waals surface area (Å²) in [5.74, 6) is 0.517. The van der Waals surface area contributed by atoms with Crippen molar-refractivity contribution < 1.29 is 8.42 Å². The van der Waals surface area contributed by atoms with Crippen LogP contribution in [0.25, 0.3) is 0 Å². The quantitative estimate of drug-likeness (QED) is 0.571. The van der Waals surface area contributed by atoms with Crippen LogP contribution < -0.4 is 4.72 Å². The Morgan fingerprint density at radius 1 is 1.11 bits per heavy atom. The van der Waals surface area contributed by atoms with E-state index in [1.54, 1.807) is 16.7 Å². The van der Waals surface area contributed by atoms with Crippen molar-refractivity contribution in [3.63, 3.8) is 0 Å². The van der Waals surface area contributed by atoms with E-state index in [2.05, 4.69) is 27.5 Å². The zero-order chi connectivity index (χ0) is 19.4. The molecule has 142 valence electrons. The predicted molar refractivity (Wildman–Crippen MR) is 108 cm³/mol. The van der Waals surface area contributed by atoms with Gasteiger partial charge in [0.2, 0.25) is 10.0 Å². The summed E-state index contributed by atoms with van der Waals surface area (Å²) in [5, 5.41) is 9.07. The van der Waals surface area contributed by atoms with E-state index in [1.807, 2.05) is 37.3 Å². The summed E-state index contributed by atoms with van der Waals surface area (Å²) in [5.41, 5.74) is 0.979. The molecule has 2 aromatic carbocycles. The monoisotopic (exact) mass is 422 g/mol. The van der Waals surface area contributed by atoms with Gasteiger partial charge in [-0.3, -0.25) is 0 Å². The number of sulfonamides is 1. The Kier molecular flexibility index (Phi) is 6.21. The van der Waals surface area contributed by atoms with Gasteiger partial charge in [-0.2, -0.15) is 0 Å². The van der Waals surface area contributed by atoms with E-state index in [-0.39, 0.29) is 4.90 Å². The topological polar surface area (TPSA) is 76.9 Å². The van der Waals surface area contributed by atoms with Crippen LogP contribution in [0.4, 0.5) is 0 Å². The molecule has 6 nitrogen and oxygen atoms in total. The number of rotatable bonds is 7. The summed E-state index contributed by atoms with van der Waals surface area (Å²) < 4.78 is 30.3. The van der Waals surface area contributed by atoms with Crippen LogP contribution in [0.3, 0.4) is 0 Å². The Morgan fingerprint density at radius 3 is 2.41 bits per heavy atom. The number of halogens is 1. The number of nitrogens with one attached hydrogen (secondary N) is 1. The Bertz CT molecular complexity index is 1010. The largest absolute Gasteiger partial charge is 0.305 e. The Hall–Kier alpha value is -1.87. The molecule has 0 fully saturated rings. The number of nitrogens with zero attached hydrogens (tertiary/aromatic N) is 3. The SMILES string of the molecule is CCn1c(S)nnc1[C@@H](Cc1ccccc1)NS(=O)(=O)c1ccc(Cl)cc1. The molecule has 1 heterocycles. The Balaban J connectivity index is 1.97. The minimum atomic E-state index is -3.77. The standard InChI is InChI=1S/C18H19ClN4O2S2/c1-2-23-17(20-21-18(23)26)16(12-13-6-4-3-5-7-13)22-27(24,25)15-10-8-14(19)9-11-15/h3-11,16,22H,2,12H2,1H3,(H,21,26)/t16-/m1/s1. The van der Waals surface area contributed by atoms with Crippen LogP contribution in [-0.2, 0) is 23.0 Å². The molecule has 0 amide bonds. The van der Waals surface area contributed by atoms with Crippen molar-refractivity contribution in [2.75, 3.05) is 0 Å². The first-order valence-electron chi connectivity index (χ1n) is 8.34. The van der Waals surface area contributed by atoms with E-state index in [0.29, 0.717) is 29.0 Å². The van der Waals surface area contributed by atoms with Crippen LogP contribution in [0.15, 0.2) is 64.6 Å². The molecule has 0 aliphatic heterocycles. The molecule has 0 aliphatic rings. The zero-order valence-corrected chi connectivity index (χ0v) is 17.0. The fourth-order valence-electron chi connectivity index (χ4n) is 2.77. The van der Waals surface area contributed by atoms with Crippen molar-refractivity contribution in [2.45, 2.75) is 36.0 Å². The fraction of sp³-hybridized carbons (Fsp3) is 0.222. The molecular formula is C18H19ClN4O2S2. The van der Waals surface area contributed by atoms with Crippen molar-refractivity contribution in [3.05, 3.63) is 71.0 Å². The van der Waals surface area contributed by atoms with Crippen LogP contribution in [0.1, 0.15) is 24.4 Å². The maximum Gasteiger partial charge on any atom is 0.241 e. The van der Waals surface area contributed by atoms with Gasteiger partial charge >= 0.3 is 0 Å². The van der Waals surface area contributed by atoms with Gasteiger partial charge in [0.1, 0.15) is 0 Å². The molecular weight excluding hydrogens is 404 g/mol. The normalized spacial score (nSPS) is 12.9. The molecule has 0 aliphatic carbocycles. The highest BCUT2D eigenvalue weighted by Crippen LogP contribution is 2.23. The van der Waals surface area contributed by atoms with Crippen molar-refractivity contribution in [2.24, 2.45) is 0 Å². The molecule has 1 aromatic heterocycles. The number of hydrogen-bond acceptors (Lipinski definition) is 5. The van der Waals surface area contributed by atoms with Crippen LogP contribution in [0, 0.1) is 0 Å². The lowest BCUT2D eigenvalue weighted by Gasteiger charge is -2.19. The molecule has 0 radical (unpaired) electrons. The van der Waals surface area contributed by atoms with Crippen LogP contribution >= 0.6 is 24.2 Å². The van der Waals surface area contributed by atoms with Crippen LogP contribution in [-0.4, -0.2) is 23.2 Å². The molecule has 9 heteroatoms. The average Bonchev–Trinajstić information content (AvgIpc) is 3.03. The second-order valence-corrected chi connectivity index (χ2v) is 8.47. The van der Waals surface area contributed by atoms with E-state index in [0.717, 1.165) is 5.56 Å². The minimum absolute atomic E-state index is 0.138. The lowest BCUT2D eigenvalue weighted by Crippen LogP contribution is -2.32. The van der Waals surface area contributed by atoms with Crippen molar-refractivity contribution in [1.29, 1.82) is 0 Å². The van der Waals surface area contributed by atoms with Crippen molar-refractivity contribution in [1.82, 2.24) is 19.5 Å². The third kappa shape index (κ3) is 4.70. The van der Waals surface area contributed by atoms with Gasteiger partial charge in [0.05, 0.1) is 10.9 Å². The number of thiol groups is 1. The second-order valence-electron chi connectivity index (χ2n) is 5.92. The summed E-state index contributed by atoms with van der Waals surface area (Å²) in [4.78, 5) is 0.138. The summed E-state index contributed by atoms with van der Waals surface area (Å²) >= 11 is 10.2. The van der Waals surface area contributed by atoms with Gasteiger partial charge in [0, 0.05) is 11.6 Å². The average molecular weight is 423 g/mol. The Labute approximate surface area is 169 Å². The maximum absolute atomic E-state index is 12.9. The molecule has 3 aromatic rings. The van der Waals surface area contributed by atoms with E-state index < -0.39 is 16.1 Å². The summed E-state index contributed by atoms with van der Waals surface area (Å²) in [6.07, 6.45) is 0.430. The molecule has 0 bridgehead atoms. The first-order chi connectivity index (χ1) is 12.9. The molecule has 3 rings (SSSR count). The van der Waals surface area contributed by atoms with Crippen molar-refractivity contribution >= 4 is 34.3 Å². The van der Waals surface area contributed by atoms with E-state index >= 15 is 0 Å². The molecule has 0 saturated carbocycles. The van der Waals surface area contributed by atoms with Crippen molar-refractivity contribution in [3.8, 4) is 0 Å². The summed E-state index contributed by atoms with van der Waals surface area (Å²) in [6.45, 7) is 2.51. The first-order valence-corrected chi connectivity index (χ1v) is 10.7. The molecule has 1 atom stereocenters. The van der Waals surface area contributed by atoms with Gasteiger partial charge in [-0.05, 0) is 43.2 Å². The maximum atomic E-state index is 12.9. The molecule has 27 heavy (non-hydrogen) atoms. The minimum Gasteiger partial charge on any atom is -0.305 e. The predicted octanol–water partition coefficient (Wildman–Crippen LogP) is 3.50. The third-order valence-electron chi connectivity index (χ3n) is 4.09. The highest BCUT2D eigenvalue weighted by Gasteiger charge is 2.26. The molecule has 0 saturated heterocycles. The lowest BCUT2D eigenvalue weighted by molar-refractivity contribution is 0.518. The zero-order valence-electron chi connectivity index (χ0n) is 14.6. The van der Waals surface area contributed by atoms with Gasteiger partial charge in [-0.15, -0.1) is 22.8 Å². The van der Waals surface area contributed by atoms with Crippen LogP contribution in [0.5, 0.6) is 0 Å². The number of hydrogen-bond donors (Lipinski definition) is 2. The number of benzene rings is 2. The summed E-state index contributed by atoms with van der Waals surface area (Å²) in [6, 6.07) is 15.1. The number of aromatic nitrogens is 3. The van der Waals surface area contributed by atoms with Gasteiger partial charge < -0.3 is 4.57 Å². The van der Waals surface area contributed by atoms with Crippen LogP contribution in [0.2, 0.25) is 5.02 Å². The van der Waals surface area contributed by atoms with E-state index in [1.165, 1.54) is 12.1 Å². The first kappa shape index (κ1) is 19.9. The Morgan fingerprint density at radius 2 is 1.78 bits per heavy atom. The highest BCUT2D eigenvalue weighted by molar-refractivity contribution is 7.89. The molecule has 1 N–H and O–H groups in total. The lowest BCUT2D eigenvalue weighted by atomic mass is 10.1. The van der Waals surface area contributed by atoms with E-state index in [4.69, 9.17) is 11.6 Å². The van der Waals surface area contributed by atoms with Gasteiger partial charge in [0.25, 0.3) is 0 Å². The highest BCUT2D eigenvalue weighted by atomic mass is 35.5. The van der Waals surface area contributed by atoms with Gasteiger partial charge in [0.15, 0.2) is 11.0 Å². The molecule has 0 spiro atoms. The fourth-order valence-corrected chi connectivity index (χ4v) is 4.38. The molecule has 0 unspecified atom stereocenters.